The number of imide groups is 1. The predicted molar refractivity (Wildman–Crippen MR) is 56.8 cm³/mol. The minimum atomic E-state index is -0.336. The number of ketones is 1. The van der Waals surface area contributed by atoms with Crippen molar-refractivity contribution in [2.24, 2.45) is 0 Å². The fourth-order valence-corrected chi connectivity index (χ4v) is 1.32. The van der Waals surface area contributed by atoms with Gasteiger partial charge in [0.15, 0.2) is 0 Å². The Labute approximate surface area is 93.1 Å². The molecule has 0 spiro atoms. The molecule has 1 rings (SSSR count). The zero-order valence-electron chi connectivity index (χ0n) is 8.92. The monoisotopic (exact) mass is 220 g/mol. The molecular weight excluding hydrogens is 208 g/mol. The van der Waals surface area contributed by atoms with Gasteiger partial charge in [0.1, 0.15) is 5.69 Å². The van der Waals surface area contributed by atoms with Gasteiger partial charge in [-0.3, -0.25) is 24.3 Å². The minimum Gasteiger partial charge on any atom is -0.290 e. The van der Waals surface area contributed by atoms with Crippen LogP contribution in [-0.4, -0.2) is 35.0 Å². The highest BCUT2D eigenvalue weighted by atomic mass is 16.2. The molecule has 16 heavy (non-hydrogen) atoms. The maximum atomic E-state index is 11.7. The fourth-order valence-electron chi connectivity index (χ4n) is 1.32. The van der Waals surface area contributed by atoms with Gasteiger partial charge in [0, 0.05) is 6.20 Å². The van der Waals surface area contributed by atoms with E-state index in [4.69, 9.17) is 0 Å². The standard InChI is InChI=1S/C11H12N2O3/c1-2-9-4-3-5-12-11(9)10(16)6-13(7-14)8-15/h3-5,7-8H,2,6H2,1H3. The molecule has 5 heteroatoms. The lowest BCUT2D eigenvalue weighted by Crippen LogP contribution is -2.28. The SMILES string of the molecule is CCc1cccnc1C(=O)CN(C=O)C=O. The molecule has 0 saturated heterocycles. The Hall–Kier alpha value is -2.04. The largest absolute Gasteiger partial charge is 0.290 e. The summed E-state index contributed by atoms with van der Waals surface area (Å²) < 4.78 is 0. The van der Waals surface area contributed by atoms with E-state index >= 15 is 0 Å². The van der Waals surface area contributed by atoms with Crippen molar-refractivity contribution in [3.05, 3.63) is 29.6 Å². The number of pyridine rings is 1. The highest BCUT2D eigenvalue weighted by Gasteiger charge is 2.14. The van der Waals surface area contributed by atoms with Crippen LogP contribution in [0.2, 0.25) is 0 Å². The Bertz CT molecular complexity index is 396. The fraction of sp³-hybridized carbons (Fsp3) is 0.273. The van der Waals surface area contributed by atoms with E-state index in [1.54, 1.807) is 12.1 Å². The van der Waals surface area contributed by atoms with Crippen LogP contribution in [0.1, 0.15) is 23.0 Å². The second-order valence-corrected chi connectivity index (χ2v) is 3.17. The Morgan fingerprint density at radius 1 is 1.44 bits per heavy atom. The van der Waals surface area contributed by atoms with Crippen molar-refractivity contribution >= 4 is 18.6 Å². The highest BCUT2D eigenvalue weighted by Crippen LogP contribution is 2.07. The van der Waals surface area contributed by atoms with Gasteiger partial charge < -0.3 is 0 Å². The molecule has 0 unspecified atom stereocenters. The van der Waals surface area contributed by atoms with Crippen molar-refractivity contribution in [2.75, 3.05) is 6.54 Å². The molecular formula is C11H12N2O3. The summed E-state index contributed by atoms with van der Waals surface area (Å²) in [5.74, 6) is -0.336. The molecule has 0 fully saturated rings. The van der Waals surface area contributed by atoms with Crippen molar-refractivity contribution in [1.29, 1.82) is 0 Å². The van der Waals surface area contributed by atoms with Crippen LogP contribution in [0.4, 0.5) is 0 Å². The third-order valence-electron chi connectivity index (χ3n) is 2.13. The van der Waals surface area contributed by atoms with Crippen LogP contribution in [-0.2, 0) is 16.0 Å². The first-order chi connectivity index (χ1) is 7.72. The van der Waals surface area contributed by atoms with Crippen molar-refractivity contribution in [2.45, 2.75) is 13.3 Å². The van der Waals surface area contributed by atoms with Gasteiger partial charge in [0.25, 0.3) is 0 Å². The topological polar surface area (TPSA) is 67.3 Å². The molecule has 0 aliphatic carbocycles. The lowest BCUT2D eigenvalue weighted by molar-refractivity contribution is -0.128. The number of rotatable bonds is 6. The molecule has 0 atom stereocenters. The summed E-state index contributed by atoms with van der Waals surface area (Å²) in [7, 11) is 0. The van der Waals surface area contributed by atoms with Crippen molar-refractivity contribution in [3.8, 4) is 0 Å². The number of hydrogen-bond acceptors (Lipinski definition) is 4. The van der Waals surface area contributed by atoms with E-state index in [0.29, 0.717) is 24.9 Å². The number of aryl methyl sites for hydroxylation is 1. The summed E-state index contributed by atoms with van der Waals surface area (Å²) in [6, 6.07) is 3.54. The maximum Gasteiger partial charge on any atom is 0.216 e. The quantitative estimate of drug-likeness (QED) is 0.515. The van der Waals surface area contributed by atoms with Crippen LogP contribution in [0, 0.1) is 0 Å². The number of hydrogen-bond donors (Lipinski definition) is 0. The van der Waals surface area contributed by atoms with Gasteiger partial charge in [-0.15, -0.1) is 0 Å². The lowest BCUT2D eigenvalue weighted by Gasteiger charge is -2.09. The summed E-state index contributed by atoms with van der Waals surface area (Å²) in [5, 5.41) is 0. The molecule has 0 saturated carbocycles. The molecule has 0 bridgehead atoms. The van der Waals surface area contributed by atoms with E-state index < -0.39 is 0 Å². The Morgan fingerprint density at radius 2 is 2.12 bits per heavy atom. The number of nitrogens with zero attached hydrogens (tertiary/aromatic N) is 2. The van der Waals surface area contributed by atoms with Gasteiger partial charge >= 0.3 is 0 Å². The average Bonchev–Trinajstić information content (AvgIpc) is 2.35. The second-order valence-electron chi connectivity index (χ2n) is 3.17. The molecule has 1 aromatic heterocycles. The molecule has 84 valence electrons. The van der Waals surface area contributed by atoms with Gasteiger partial charge in [-0.25, -0.2) is 0 Å². The predicted octanol–water partition coefficient (Wildman–Crippen LogP) is 0.441. The van der Waals surface area contributed by atoms with E-state index in [0.717, 1.165) is 10.5 Å². The number of Topliss-reactive ketones (excluding diaryl/α,β-unsaturated/α-hetero) is 1. The minimum absolute atomic E-state index is 0.267. The third-order valence-corrected chi connectivity index (χ3v) is 2.13. The van der Waals surface area contributed by atoms with Crippen LogP contribution in [0.25, 0.3) is 0 Å². The Morgan fingerprint density at radius 3 is 2.69 bits per heavy atom. The number of carbonyl (C=O) groups is 3. The second kappa shape index (κ2) is 5.75. The number of aromatic nitrogens is 1. The summed E-state index contributed by atoms with van der Waals surface area (Å²) in [6.45, 7) is 1.64. The first kappa shape index (κ1) is 12.0. The summed E-state index contributed by atoms with van der Waals surface area (Å²) in [5.41, 5.74) is 1.13. The van der Waals surface area contributed by atoms with Crippen LogP contribution < -0.4 is 0 Å². The highest BCUT2D eigenvalue weighted by molar-refractivity contribution is 5.99. The molecule has 0 radical (unpaired) electrons. The van der Waals surface area contributed by atoms with Gasteiger partial charge in [-0.05, 0) is 18.1 Å². The van der Waals surface area contributed by atoms with Gasteiger partial charge in [0.05, 0.1) is 6.54 Å². The molecule has 5 nitrogen and oxygen atoms in total. The molecule has 0 N–H and O–H groups in total. The van der Waals surface area contributed by atoms with Gasteiger partial charge in [-0.1, -0.05) is 13.0 Å². The van der Waals surface area contributed by atoms with Crippen molar-refractivity contribution in [3.63, 3.8) is 0 Å². The first-order valence-electron chi connectivity index (χ1n) is 4.86. The van der Waals surface area contributed by atoms with E-state index in [2.05, 4.69) is 4.98 Å². The molecule has 2 amide bonds. The zero-order chi connectivity index (χ0) is 12.0. The van der Waals surface area contributed by atoms with E-state index in [1.807, 2.05) is 6.92 Å². The molecule has 0 aliphatic rings. The van der Waals surface area contributed by atoms with Crippen LogP contribution in [0.3, 0.4) is 0 Å². The zero-order valence-corrected chi connectivity index (χ0v) is 8.92. The third kappa shape index (κ3) is 2.73. The molecule has 0 aromatic carbocycles. The Balaban J connectivity index is 2.87. The van der Waals surface area contributed by atoms with E-state index in [9.17, 15) is 14.4 Å². The van der Waals surface area contributed by atoms with E-state index in [-0.39, 0.29) is 12.3 Å². The summed E-state index contributed by atoms with van der Waals surface area (Å²) in [4.78, 5) is 37.2. The number of amides is 2. The maximum absolute atomic E-state index is 11.7. The Kier molecular flexibility index (Phi) is 4.32. The average molecular weight is 220 g/mol. The van der Waals surface area contributed by atoms with Crippen LogP contribution >= 0.6 is 0 Å². The summed E-state index contributed by atoms with van der Waals surface area (Å²) in [6.07, 6.45) is 2.83. The van der Waals surface area contributed by atoms with Gasteiger partial charge in [-0.2, -0.15) is 0 Å². The summed E-state index contributed by atoms with van der Waals surface area (Å²) >= 11 is 0. The molecule has 1 aromatic rings. The smallest absolute Gasteiger partial charge is 0.216 e. The first-order valence-corrected chi connectivity index (χ1v) is 4.86. The normalized spacial score (nSPS) is 9.56. The molecule has 0 aliphatic heterocycles. The van der Waals surface area contributed by atoms with Crippen LogP contribution in [0.15, 0.2) is 18.3 Å². The number of carbonyl (C=O) groups excluding carboxylic acids is 3. The van der Waals surface area contributed by atoms with Gasteiger partial charge in [0.2, 0.25) is 18.6 Å². The van der Waals surface area contributed by atoms with Crippen molar-refractivity contribution in [1.82, 2.24) is 9.88 Å². The molecule has 1 heterocycles. The van der Waals surface area contributed by atoms with E-state index in [1.165, 1.54) is 6.20 Å². The lowest BCUT2D eigenvalue weighted by atomic mass is 10.1. The van der Waals surface area contributed by atoms with Crippen LogP contribution in [0.5, 0.6) is 0 Å². The van der Waals surface area contributed by atoms with Crippen molar-refractivity contribution < 1.29 is 14.4 Å².